The molecule has 3 rings (SSSR count). The molecule has 0 unspecified atom stereocenters. The summed E-state index contributed by atoms with van der Waals surface area (Å²) in [6.45, 7) is 5.45. The highest BCUT2D eigenvalue weighted by atomic mass is 35.5. The summed E-state index contributed by atoms with van der Waals surface area (Å²) in [5.74, 6) is -1.04. The molecule has 2 saturated carbocycles. The summed E-state index contributed by atoms with van der Waals surface area (Å²) in [6.07, 6.45) is 0.903. The lowest BCUT2D eigenvalue weighted by Gasteiger charge is -2.37. The van der Waals surface area contributed by atoms with Crippen molar-refractivity contribution in [3.05, 3.63) is 23.2 Å². The number of amides is 1. The molecule has 2 bridgehead atoms. The minimum absolute atomic E-state index is 0.371. The van der Waals surface area contributed by atoms with Gasteiger partial charge in [0.2, 0.25) is 17.5 Å². The maximum absolute atomic E-state index is 13.1. The van der Waals surface area contributed by atoms with Gasteiger partial charge >= 0.3 is 0 Å². The number of carbonyl (C=O) groups excluding carboxylic acids is 3. The summed E-state index contributed by atoms with van der Waals surface area (Å²) >= 11 is 6.00. The van der Waals surface area contributed by atoms with Gasteiger partial charge in [-0.05, 0) is 36.5 Å². The number of halogens is 1. The van der Waals surface area contributed by atoms with E-state index in [1.54, 1.807) is 25.1 Å². The third kappa shape index (κ3) is 1.79. The first-order valence-corrected chi connectivity index (χ1v) is 8.24. The van der Waals surface area contributed by atoms with Crippen LogP contribution in [0.2, 0.25) is 5.02 Å². The van der Waals surface area contributed by atoms with Crippen LogP contribution in [0.25, 0.3) is 0 Å². The van der Waals surface area contributed by atoms with Crippen LogP contribution in [0.3, 0.4) is 0 Å². The van der Waals surface area contributed by atoms with Crippen molar-refractivity contribution in [2.75, 3.05) is 12.4 Å². The monoisotopic (exact) mass is 349 g/mol. The lowest BCUT2D eigenvalue weighted by Crippen LogP contribution is -2.47. The highest BCUT2D eigenvalue weighted by Gasteiger charge is 2.77. The van der Waals surface area contributed by atoms with Gasteiger partial charge in [0.1, 0.15) is 11.2 Å². The van der Waals surface area contributed by atoms with Crippen molar-refractivity contribution < 1.29 is 19.1 Å². The molecule has 0 heterocycles. The Morgan fingerprint density at radius 3 is 2.38 bits per heavy atom. The predicted octanol–water partition coefficient (Wildman–Crippen LogP) is 3.25. The van der Waals surface area contributed by atoms with Crippen molar-refractivity contribution in [3.8, 4) is 5.75 Å². The van der Waals surface area contributed by atoms with E-state index in [1.165, 1.54) is 7.11 Å². The number of ketones is 2. The molecule has 2 fully saturated rings. The molecule has 2 aliphatic carbocycles. The number of ether oxygens (including phenoxy) is 1. The number of rotatable bonds is 3. The largest absolute Gasteiger partial charge is 0.495 e. The molecule has 1 aromatic rings. The van der Waals surface area contributed by atoms with Crippen molar-refractivity contribution >= 4 is 34.8 Å². The minimum Gasteiger partial charge on any atom is -0.495 e. The van der Waals surface area contributed by atoms with E-state index < -0.39 is 33.7 Å². The standard InChI is InChI=1S/C18H20ClNO4/c1-16(2)17(3)7-8-18(16,14(22)13(17)21)15(23)20-11-9-10(19)5-6-12(11)24-4/h5-6,9H,7-8H2,1-4H3,(H,20,23)/t17-,18+/m1/s1. The van der Waals surface area contributed by atoms with Crippen molar-refractivity contribution in [1.82, 2.24) is 0 Å². The average Bonchev–Trinajstić information content (AvgIpc) is 2.79. The summed E-state index contributed by atoms with van der Waals surface area (Å²) in [5.41, 5.74) is -2.49. The molecule has 0 aromatic heterocycles. The Labute approximate surface area is 145 Å². The Morgan fingerprint density at radius 2 is 1.83 bits per heavy atom. The van der Waals surface area contributed by atoms with Crippen LogP contribution in [0.15, 0.2) is 18.2 Å². The summed E-state index contributed by atoms with van der Waals surface area (Å²) < 4.78 is 5.24. The lowest BCUT2D eigenvalue weighted by atomic mass is 9.64. The van der Waals surface area contributed by atoms with E-state index in [1.807, 2.05) is 13.8 Å². The zero-order valence-electron chi connectivity index (χ0n) is 14.2. The molecule has 2 atom stereocenters. The smallest absolute Gasteiger partial charge is 0.239 e. The van der Waals surface area contributed by atoms with E-state index in [-0.39, 0.29) is 0 Å². The van der Waals surface area contributed by atoms with E-state index in [0.717, 1.165) is 0 Å². The van der Waals surface area contributed by atoms with Crippen LogP contribution in [0.1, 0.15) is 33.6 Å². The van der Waals surface area contributed by atoms with Crippen LogP contribution in [0.4, 0.5) is 5.69 Å². The highest BCUT2D eigenvalue weighted by Crippen LogP contribution is 2.69. The van der Waals surface area contributed by atoms with Crippen LogP contribution in [-0.4, -0.2) is 24.6 Å². The molecule has 1 N–H and O–H groups in total. The molecule has 128 valence electrons. The summed E-state index contributed by atoms with van der Waals surface area (Å²) in [7, 11) is 1.48. The van der Waals surface area contributed by atoms with Gasteiger partial charge in [-0.3, -0.25) is 14.4 Å². The highest BCUT2D eigenvalue weighted by molar-refractivity contribution is 6.49. The number of methoxy groups -OCH3 is 1. The van der Waals surface area contributed by atoms with Crippen LogP contribution in [-0.2, 0) is 14.4 Å². The Morgan fingerprint density at radius 1 is 1.17 bits per heavy atom. The Bertz CT molecular complexity index is 772. The van der Waals surface area contributed by atoms with Gasteiger partial charge in [-0.1, -0.05) is 32.4 Å². The number of carbonyl (C=O) groups is 3. The molecular weight excluding hydrogens is 330 g/mol. The van der Waals surface area contributed by atoms with Crippen LogP contribution >= 0.6 is 11.6 Å². The lowest BCUT2D eigenvalue weighted by molar-refractivity contribution is -0.147. The van der Waals surface area contributed by atoms with Crippen molar-refractivity contribution in [3.63, 3.8) is 0 Å². The number of nitrogens with one attached hydrogen (secondary N) is 1. The summed E-state index contributed by atoms with van der Waals surface area (Å²) in [4.78, 5) is 38.3. The van der Waals surface area contributed by atoms with Gasteiger partial charge in [-0.2, -0.15) is 0 Å². The van der Waals surface area contributed by atoms with Gasteiger partial charge in [0, 0.05) is 10.4 Å². The van der Waals surface area contributed by atoms with E-state index in [9.17, 15) is 14.4 Å². The zero-order chi connectivity index (χ0) is 17.9. The fourth-order valence-corrected chi connectivity index (χ4v) is 4.45. The Hall–Kier alpha value is -1.88. The quantitative estimate of drug-likeness (QED) is 0.671. The van der Waals surface area contributed by atoms with Gasteiger partial charge in [0.15, 0.2) is 0 Å². The molecule has 0 aliphatic heterocycles. The van der Waals surface area contributed by atoms with Gasteiger partial charge in [-0.25, -0.2) is 0 Å². The van der Waals surface area contributed by atoms with Crippen LogP contribution in [0, 0.1) is 16.2 Å². The first-order chi connectivity index (χ1) is 11.1. The van der Waals surface area contributed by atoms with E-state index in [4.69, 9.17) is 16.3 Å². The van der Waals surface area contributed by atoms with Crippen molar-refractivity contribution in [2.45, 2.75) is 33.6 Å². The molecule has 5 nitrogen and oxygen atoms in total. The summed E-state index contributed by atoms with van der Waals surface area (Å²) in [5, 5.41) is 3.20. The normalized spacial score (nSPS) is 30.5. The fraction of sp³-hybridized carbons (Fsp3) is 0.500. The molecule has 24 heavy (non-hydrogen) atoms. The van der Waals surface area contributed by atoms with E-state index in [2.05, 4.69) is 5.32 Å². The van der Waals surface area contributed by atoms with Gasteiger partial charge < -0.3 is 10.1 Å². The fourth-order valence-electron chi connectivity index (χ4n) is 4.28. The first kappa shape index (κ1) is 17.0. The van der Waals surface area contributed by atoms with Gasteiger partial charge in [0.25, 0.3) is 0 Å². The first-order valence-electron chi connectivity index (χ1n) is 7.86. The molecule has 6 heteroatoms. The van der Waals surface area contributed by atoms with E-state index in [0.29, 0.717) is 29.3 Å². The Balaban J connectivity index is 2.03. The number of hydrogen-bond donors (Lipinski definition) is 1. The topological polar surface area (TPSA) is 72.5 Å². The second kappa shape index (κ2) is 5.06. The van der Waals surface area contributed by atoms with Gasteiger partial charge in [0.05, 0.1) is 12.8 Å². The van der Waals surface area contributed by atoms with Crippen LogP contribution < -0.4 is 10.1 Å². The second-order valence-corrected chi connectivity index (χ2v) is 7.76. The number of benzene rings is 1. The molecular formula is C18H20ClNO4. The number of hydrogen-bond acceptors (Lipinski definition) is 4. The molecule has 0 radical (unpaired) electrons. The van der Waals surface area contributed by atoms with Crippen molar-refractivity contribution in [1.29, 1.82) is 0 Å². The summed E-state index contributed by atoms with van der Waals surface area (Å²) in [6, 6.07) is 4.85. The number of anilines is 1. The molecule has 1 aromatic carbocycles. The molecule has 0 spiro atoms. The maximum atomic E-state index is 13.1. The number of Topliss-reactive ketones (excluding diaryl/α,β-unsaturated/α-hetero) is 2. The minimum atomic E-state index is -1.34. The molecule has 2 aliphatic rings. The molecule has 0 saturated heterocycles. The van der Waals surface area contributed by atoms with Gasteiger partial charge in [-0.15, -0.1) is 0 Å². The maximum Gasteiger partial charge on any atom is 0.239 e. The zero-order valence-corrected chi connectivity index (χ0v) is 14.9. The average molecular weight is 350 g/mol. The predicted molar refractivity (Wildman–Crippen MR) is 90.2 cm³/mol. The third-order valence-corrected chi connectivity index (χ3v) is 6.57. The molecule has 1 amide bonds. The van der Waals surface area contributed by atoms with Crippen molar-refractivity contribution in [2.24, 2.45) is 16.2 Å². The Kier molecular flexibility index (Phi) is 3.57. The SMILES string of the molecule is COc1ccc(Cl)cc1NC(=O)[C@]12CC[C@](C)(C(=O)C1=O)C2(C)C. The second-order valence-electron chi connectivity index (χ2n) is 7.32. The van der Waals surface area contributed by atoms with E-state index >= 15 is 0 Å². The third-order valence-electron chi connectivity index (χ3n) is 6.34. The van der Waals surface area contributed by atoms with Crippen LogP contribution in [0.5, 0.6) is 5.75 Å². The number of fused-ring (bicyclic) bond motifs is 2.